The summed E-state index contributed by atoms with van der Waals surface area (Å²) in [5.74, 6) is 0. The zero-order chi connectivity index (χ0) is 8.27. The molecule has 0 radical (unpaired) electrons. The van der Waals surface area contributed by atoms with Crippen LogP contribution in [-0.4, -0.2) is 21.9 Å². The third-order valence-corrected chi connectivity index (χ3v) is 3.39. The van der Waals surface area contributed by atoms with Crippen LogP contribution < -0.4 is 0 Å². The molecule has 0 saturated carbocycles. The number of halogens is 1. The van der Waals surface area contributed by atoms with Gasteiger partial charge in [0.1, 0.15) is 5.15 Å². The van der Waals surface area contributed by atoms with Crippen molar-refractivity contribution in [3.63, 3.8) is 0 Å². The third kappa shape index (κ3) is 2.99. The van der Waals surface area contributed by atoms with Crippen molar-refractivity contribution in [2.45, 2.75) is 16.5 Å². The summed E-state index contributed by atoms with van der Waals surface area (Å²) in [6.07, 6.45) is 0. The average Bonchev–Trinajstić information content (AvgIpc) is 2.35. The molecule has 0 aliphatic heterocycles. The summed E-state index contributed by atoms with van der Waals surface area (Å²) in [7, 11) is 0. The van der Waals surface area contributed by atoms with Crippen LogP contribution in [0.1, 0.15) is 6.92 Å². The molecular weight excluding hydrogens is 202 g/mol. The summed E-state index contributed by atoms with van der Waals surface area (Å²) in [6.45, 7) is 2.11. The summed E-state index contributed by atoms with van der Waals surface area (Å²) in [5.41, 5.74) is 0. The van der Waals surface area contributed by atoms with Crippen molar-refractivity contribution >= 4 is 34.7 Å². The molecule has 5 heteroatoms. The minimum absolute atomic E-state index is 0.169. The number of hydrogen-bond acceptors (Lipinski definition) is 4. The van der Waals surface area contributed by atoms with Crippen molar-refractivity contribution in [1.29, 1.82) is 0 Å². The molecule has 2 nitrogen and oxygen atoms in total. The molecular formula is C6H8ClNOS2. The molecule has 1 aromatic heterocycles. The van der Waals surface area contributed by atoms with Crippen LogP contribution in [0.4, 0.5) is 0 Å². The van der Waals surface area contributed by atoms with Gasteiger partial charge in [0.15, 0.2) is 4.34 Å². The maximum atomic E-state index is 8.73. The number of hydrogen-bond donors (Lipinski definition) is 1. The first-order chi connectivity index (χ1) is 5.22. The predicted octanol–water partition coefficient (Wildman–Crippen LogP) is 2.27. The fourth-order valence-corrected chi connectivity index (χ4v) is 2.65. The van der Waals surface area contributed by atoms with Gasteiger partial charge < -0.3 is 5.11 Å². The number of aromatic nitrogens is 1. The van der Waals surface area contributed by atoms with Crippen molar-refractivity contribution in [3.05, 3.63) is 10.5 Å². The van der Waals surface area contributed by atoms with Gasteiger partial charge in [-0.05, 0) is 0 Å². The first-order valence-electron chi connectivity index (χ1n) is 3.11. The molecule has 0 fully saturated rings. The summed E-state index contributed by atoms with van der Waals surface area (Å²) in [4.78, 5) is 4.03. The first kappa shape index (κ1) is 9.32. The molecule has 1 rings (SSSR count). The lowest BCUT2D eigenvalue weighted by molar-refractivity contribution is 0.300. The quantitative estimate of drug-likeness (QED) is 0.776. The Morgan fingerprint density at radius 1 is 1.91 bits per heavy atom. The van der Waals surface area contributed by atoms with Gasteiger partial charge in [-0.3, -0.25) is 0 Å². The van der Waals surface area contributed by atoms with Gasteiger partial charge in [-0.15, -0.1) is 11.3 Å². The van der Waals surface area contributed by atoms with Crippen LogP contribution in [0.25, 0.3) is 0 Å². The minimum Gasteiger partial charge on any atom is -0.395 e. The maximum Gasteiger partial charge on any atom is 0.151 e. The van der Waals surface area contributed by atoms with E-state index in [4.69, 9.17) is 16.7 Å². The number of nitrogens with zero attached hydrogens (tertiary/aromatic N) is 1. The van der Waals surface area contributed by atoms with E-state index < -0.39 is 0 Å². The van der Waals surface area contributed by atoms with E-state index in [1.165, 1.54) is 23.1 Å². The van der Waals surface area contributed by atoms with Crippen LogP contribution in [0.5, 0.6) is 0 Å². The minimum atomic E-state index is 0.169. The molecule has 0 spiro atoms. The van der Waals surface area contributed by atoms with Crippen LogP contribution >= 0.6 is 34.7 Å². The SMILES string of the molecule is CC(CO)Sc1nc(Cl)cs1. The van der Waals surface area contributed by atoms with Crippen LogP contribution in [0.2, 0.25) is 5.15 Å². The average molecular weight is 210 g/mol. The molecule has 0 aliphatic rings. The molecule has 62 valence electrons. The van der Waals surface area contributed by atoms with Crippen molar-refractivity contribution in [2.24, 2.45) is 0 Å². The second kappa shape index (κ2) is 4.30. The van der Waals surface area contributed by atoms with Crippen molar-refractivity contribution < 1.29 is 5.11 Å². The Kier molecular flexibility index (Phi) is 3.65. The van der Waals surface area contributed by atoms with Gasteiger partial charge >= 0.3 is 0 Å². The first-order valence-corrected chi connectivity index (χ1v) is 5.24. The molecule has 0 bridgehead atoms. The monoisotopic (exact) mass is 209 g/mol. The lowest BCUT2D eigenvalue weighted by Gasteiger charge is -2.02. The van der Waals surface area contributed by atoms with E-state index >= 15 is 0 Å². The Labute approximate surface area is 78.6 Å². The second-order valence-electron chi connectivity index (χ2n) is 2.05. The zero-order valence-electron chi connectivity index (χ0n) is 5.95. The Balaban J connectivity index is 2.50. The number of aliphatic hydroxyl groups excluding tert-OH is 1. The number of rotatable bonds is 3. The van der Waals surface area contributed by atoms with Gasteiger partial charge in [-0.25, -0.2) is 4.98 Å². The molecule has 0 aromatic carbocycles. The van der Waals surface area contributed by atoms with E-state index in [1.807, 2.05) is 6.92 Å². The second-order valence-corrected chi connectivity index (χ2v) is 4.98. The predicted molar refractivity (Wildman–Crippen MR) is 49.5 cm³/mol. The van der Waals surface area contributed by atoms with Crippen LogP contribution in [-0.2, 0) is 0 Å². The van der Waals surface area contributed by atoms with Gasteiger partial charge in [0.25, 0.3) is 0 Å². The van der Waals surface area contributed by atoms with Crippen LogP contribution in [0.3, 0.4) is 0 Å². The maximum absolute atomic E-state index is 8.73. The third-order valence-electron chi connectivity index (χ3n) is 1.01. The highest BCUT2D eigenvalue weighted by Gasteiger charge is 2.05. The van der Waals surface area contributed by atoms with Crippen molar-refractivity contribution in [3.8, 4) is 0 Å². The topological polar surface area (TPSA) is 33.1 Å². The van der Waals surface area contributed by atoms with E-state index in [1.54, 1.807) is 5.38 Å². The Morgan fingerprint density at radius 2 is 2.64 bits per heavy atom. The van der Waals surface area contributed by atoms with E-state index in [2.05, 4.69) is 4.98 Å². The van der Waals surface area contributed by atoms with E-state index in [-0.39, 0.29) is 11.9 Å². The molecule has 0 amide bonds. The van der Waals surface area contributed by atoms with Gasteiger partial charge in [0, 0.05) is 10.6 Å². The number of aliphatic hydroxyl groups is 1. The summed E-state index contributed by atoms with van der Waals surface area (Å²) in [6, 6.07) is 0. The molecule has 1 unspecified atom stereocenters. The fraction of sp³-hybridized carbons (Fsp3) is 0.500. The normalized spacial score (nSPS) is 13.4. The van der Waals surface area contributed by atoms with Crippen LogP contribution in [0, 0.1) is 0 Å². The fourth-order valence-electron chi connectivity index (χ4n) is 0.502. The summed E-state index contributed by atoms with van der Waals surface area (Å²) < 4.78 is 0.913. The highest BCUT2D eigenvalue weighted by molar-refractivity contribution is 8.01. The van der Waals surface area contributed by atoms with Crippen molar-refractivity contribution in [1.82, 2.24) is 4.98 Å². The van der Waals surface area contributed by atoms with E-state index in [0.29, 0.717) is 5.15 Å². The lowest BCUT2D eigenvalue weighted by atomic mass is 10.5. The molecule has 11 heavy (non-hydrogen) atoms. The van der Waals surface area contributed by atoms with E-state index in [0.717, 1.165) is 4.34 Å². The molecule has 1 aromatic rings. The Hall–Kier alpha value is 0.230. The van der Waals surface area contributed by atoms with Gasteiger partial charge in [0.2, 0.25) is 0 Å². The standard InChI is InChI=1S/C6H8ClNOS2/c1-4(2-9)11-6-8-5(7)3-10-6/h3-4,9H,2H2,1H3. The number of thiazole rings is 1. The summed E-state index contributed by atoms with van der Waals surface area (Å²) >= 11 is 8.65. The van der Waals surface area contributed by atoms with Gasteiger partial charge in [-0.1, -0.05) is 30.3 Å². The summed E-state index contributed by atoms with van der Waals surface area (Å²) in [5, 5.41) is 11.2. The smallest absolute Gasteiger partial charge is 0.151 e. The van der Waals surface area contributed by atoms with Crippen molar-refractivity contribution in [2.75, 3.05) is 6.61 Å². The Morgan fingerprint density at radius 3 is 3.09 bits per heavy atom. The lowest BCUT2D eigenvalue weighted by Crippen LogP contribution is -2.00. The molecule has 1 N–H and O–H groups in total. The highest BCUT2D eigenvalue weighted by Crippen LogP contribution is 2.27. The molecule has 0 saturated heterocycles. The molecule has 1 atom stereocenters. The molecule has 1 heterocycles. The largest absolute Gasteiger partial charge is 0.395 e. The highest BCUT2D eigenvalue weighted by atomic mass is 35.5. The molecule has 0 aliphatic carbocycles. The zero-order valence-corrected chi connectivity index (χ0v) is 8.34. The number of thioether (sulfide) groups is 1. The van der Waals surface area contributed by atoms with Crippen LogP contribution in [0.15, 0.2) is 9.72 Å². The van der Waals surface area contributed by atoms with Gasteiger partial charge in [0.05, 0.1) is 6.61 Å². The van der Waals surface area contributed by atoms with E-state index in [9.17, 15) is 0 Å². The Bertz CT molecular complexity index is 228. The van der Waals surface area contributed by atoms with Gasteiger partial charge in [-0.2, -0.15) is 0 Å².